The SMILES string of the molecule is C=C1C2=C(C=CC)C(c3cccc(C)c3)CC=C2c2ccccc21. The molecule has 0 saturated heterocycles. The first kappa shape index (κ1) is 15.0. The molecule has 0 aliphatic heterocycles. The first-order valence-corrected chi connectivity index (χ1v) is 8.63. The second-order valence-corrected chi connectivity index (χ2v) is 6.67. The highest BCUT2D eigenvalue weighted by Gasteiger charge is 2.32. The first-order valence-electron chi connectivity index (χ1n) is 8.63. The molecule has 0 aromatic heterocycles. The third-order valence-electron chi connectivity index (χ3n) is 5.13. The van der Waals surface area contributed by atoms with Crippen LogP contribution in [0, 0.1) is 6.92 Å². The van der Waals surface area contributed by atoms with Gasteiger partial charge >= 0.3 is 0 Å². The van der Waals surface area contributed by atoms with Crippen LogP contribution >= 0.6 is 0 Å². The number of hydrogen-bond acceptors (Lipinski definition) is 0. The van der Waals surface area contributed by atoms with Crippen LogP contribution in [0.5, 0.6) is 0 Å². The van der Waals surface area contributed by atoms with Gasteiger partial charge in [0.2, 0.25) is 0 Å². The summed E-state index contributed by atoms with van der Waals surface area (Å²) in [5.41, 5.74) is 10.6. The smallest absolute Gasteiger partial charge is 0.0130 e. The van der Waals surface area contributed by atoms with Gasteiger partial charge in [-0.2, -0.15) is 0 Å². The van der Waals surface area contributed by atoms with Crippen molar-refractivity contribution in [1.29, 1.82) is 0 Å². The maximum Gasteiger partial charge on any atom is 0.0130 e. The number of aryl methyl sites for hydroxylation is 1. The fourth-order valence-corrected chi connectivity index (χ4v) is 4.07. The second-order valence-electron chi connectivity index (χ2n) is 6.67. The number of fused-ring (bicyclic) bond motifs is 3. The van der Waals surface area contributed by atoms with E-state index in [1.165, 1.54) is 44.5 Å². The van der Waals surface area contributed by atoms with Crippen LogP contribution in [-0.2, 0) is 0 Å². The predicted octanol–water partition coefficient (Wildman–Crippen LogP) is 6.47. The van der Waals surface area contributed by atoms with Gasteiger partial charge in [-0.15, -0.1) is 0 Å². The monoisotopic (exact) mass is 310 g/mol. The summed E-state index contributed by atoms with van der Waals surface area (Å²) in [6.07, 6.45) is 7.90. The Morgan fingerprint density at radius 1 is 1.04 bits per heavy atom. The molecule has 0 radical (unpaired) electrons. The lowest BCUT2D eigenvalue weighted by Crippen LogP contribution is -2.08. The minimum Gasteiger partial charge on any atom is -0.0905 e. The Morgan fingerprint density at radius 2 is 1.83 bits per heavy atom. The standard InChI is InChI=1S/C24H22/c1-4-8-22-20(18-10-7-9-16(2)15-18)13-14-23-21-12-6-5-11-19(21)17(3)24(22)23/h4-12,14-15,20H,3,13H2,1-2H3. The maximum absolute atomic E-state index is 4.43. The van der Waals surface area contributed by atoms with Crippen molar-refractivity contribution in [3.8, 4) is 0 Å². The lowest BCUT2D eigenvalue weighted by Gasteiger charge is -2.26. The van der Waals surface area contributed by atoms with Gasteiger partial charge in [0, 0.05) is 5.92 Å². The van der Waals surface area contributed by atoms with Crippen LogP contribution in [-0.4, -0.2) is 0 Å². The van der Waals surface area contributed by atoms with E-state index in [0.717, 1.165) is 6.42 Å². The van der Waals surface area contributed by atoms with Crippen LogP contribution in [0.4, 0.5) is 0 Å². The highest BCUT2D eigenvalue weighted by atomic mass is 14.4. The molecule has 0 fully saturated rings. The van der Waals surface area contributed by atoms with Crippen molar-refractivity contribution >= 4 is 11.1 Å². The summed E-state index contributed by atoms with van der Waals surface area (Å²) >= 11 is 0. The van der Waals surface area contributed by atoms with E-state index in [9.17, 15) is 0 Å². The minimum atomic E-state index is 0.408. The van der Waals surface area contributed by atoms with E-state index < -0.39 is 0 Å². The fourth-order valence-electron chi connectivity index (χ4n) is 4.07. The summed E-state index contributed by atoms with van der Waals surface area (Å²) in [4.78, 5) is 0. The second kappa shape index (κ2) is 5.79. The van der Waals surface area contributed by atoms with Crippen molar-refractivity contribution in [2.45, 2.75) is 26.2 Å². The molecule has 1 atom stereocenters. The van der Waals surface area contributed by atoms with E-state index in [0.29, 0.717) is 5.92 Å². The number of hydrogen-bond donors (Lipinski definition) is 0. The van der Waals surface area contributed by atoms with Crippen LogP contribution in [0.15, 0.2) is 84.5 Å². The van der Waals surface area contributed by atoms with E-state index >= 15 is 0 Å². The average Bonchev–Trinajstić information content (AvgIpc) is 2.89. The number of benzene rings is 2. The normalized spacial score (nSPS) is 19.5. The molecule has 0 N–H and O–H groups in total. The zero-order valence-corrected chi connectivity index (χ0v) is 14.3. The Labute approximate surface area is 144 Å². The molecular weight excluding hydrogens is 288 g/mol. The van der Waals surface area contributed by atoms with Gasteiger partial charge in [-0.3, -0.25) is 0 Å². The first-order chi connectivity index (χ1) is 11.7. The Kier molecular flexibility index (Phi) is 3.61. The molecule has 0 nitrogen and oxygen atoms in total. The average molecular weight is 310 g/mol. The summed E-state index contributed by atoms with van der Waals surface area (Å²) < 4.78 is 0. The molecule has 2 aliphatic rings. The summed E-state index contributed by atoms with van der Waals surface area (Å²) in [5, 5.41) is 0. The molecule has 2 aromatic carbocycles. The Morgan fingerprint density at radius 3 is 2.58 bits per heavy atom. The van der Waals surface area contributed by atoms with Crippen molar-refractivity contribution in [2.24, 2.45) is 0 Å². The highest BCUT2D eigenvalue weighted by Crippen LogP contribution is 2.51. The molecule has 4 rings (SSSR count). The van der Waals surface area contributed by atoms with Crippen molar-refractivity contribution in [3.63, 3.8) is 0 Å². The Balaban J connectivity index is 1.91. The molecule has 2 aromatic rings. The summed E-state index contributed by atoms with van der Waals surface area (Å²) in [5.74, 6) is 0.408. The van der Waals surface area contributed by atoms with Gasteiger partial charge in [-0.1, -0.05) is 78.9 Å². The lowest BCUT2D eigenvalue weighted by molar-refractivity contribution is 0.815. The van der Waals surface area contributed by atoms with Gasteiger partial charge in [-0.05, 0) is 59.3 Å². The topological polar surface area (TPSA) is 0 Å². The highest BCUT2D eigenvalue weighted by molar-refractivity contribution is 6.09. The molecular formula is C24H22. The van der Waals surface area contributed by atoms with Gasteiger partial charge in [0.05, 0.1) is 0 Å². The van der Waals surface area contributed by atoms with Gasteiger partial charge in [0.25, 0.3) is 0 Å². The molecule has 118 valence electrons. The molecule has 24 heavy (non-hydrogen) atoms. The quantitative estimate of drug-likeness (QED) is 0.596. The van der Waals surface area contributed by atoms with Gasteiger partial charge < -0.3 is 0 Å². The predicted molar refractivity (Wildman–Crippen MR) is 104 cm³/mol. The minimum absolute atomic E-state index is 0.408. The van der Waals surface area contributed by atoms with Crippen molar-refractivity contribution < 1.29 is 0 Å². The molecule has 0 bridgehead atoms. The molecule has 0 heterocycles. The van der Waals surface area contributed by atoms with Crippen molar-refractivity contribution in [3.05, 3.63) is 107 Å². The van der Waals surface area contributed by atoms with Gasteiger partial charge in [-0.25, -0.2) is 0 Å². The number of rotatable bonds is 2. The van der Waals surface area contributed by atoms with E-state index in [-0.39, 0.29) is 0 Å². The van der Waals surface area contributed by atoms with E-state index in [1.54, 1.807) is 0 Å². The molecule has 0 heteroatoms. The van der Waals surface area contributed by atoms with Crippen molar-refractivity contribution in [2.75, 3.05) is 0 Å². The lowest BCUT2D eigenvalue weighted by atomic mass is 9.78. The molecule has 1 unspecified atom stereocenters. The summed E-state index contributed by atoms with van der Waals surface area (Å²) in [6.45, 7) is 8.69. The third-order valence-corrected chi connectivity index (χ3v) is 5.13. The van der Waals surface area contributed by atoms with Gasteiger partial charge in [0.15, 0.2) is 0 Å². The molecule has 2 aliphatic carbocycles. The molecule has 0 spiro atoms. The summed E-state index contributed by atoms with van der Waals surface area (Å²) in [7, 11) is 0. The largest absolute Gasteiger partial charge is 0.0905 e. The molecule has 0 amide bonds. The van der Waals surface area contributed by atoms with Crippen molar-refractivity contribution in [1.82, 2.24) is 0 Å². The zero-order valence-electron chi connectivity index (χ0n) is 14.3. The van der Waals surface area contributed by atoms with Crippen LogP contribution in [0.1, 0.15) is 41.5 Å². The van der Waals surface area contributed by atoms with Crippen LogP contribution in [0.2, 0.25) is 0 Å². The maximum atomic E-state index is 4.43. The van der Waals surface area contributed by atoms with Crippen LogP contribution in [0.3, 0.4) is 0 Å². The summed E-state index contributed by atoms with van der Waals surface area (Å²) in [6, 6.07) is 17.6. The van der Waals surface area contributed by atoms with E-state index in [1.807, 2.05) is 0 Å². The van der Waals surface area contributed by atoms with Crippen LogP contribution < -0.4 is 0 Å². The zero-order chi connectivity index (χ0) is 16.7. The Hall–Kier alpha value is -2.60. The van der Waals surface area contributed by atoms with Crippen LogP contribution in [0.25, 0.3) is 11.1 Å². The van der Waals surface area contributed by atoms with E-state index in [4.69, 9.17) is 0 Å². The number of allylic oxidation sites excluding steroid dienone is 7. The van der Waals surface area contributed by atoms with E-state index in [2.05, 4.69) is 87.2 Å². The molecule has 0 saturated carbocycles. The van der Waals surface area contributed by atoms with Gasteiger partial charge in [0.1, 0.15) is 0 Å². The Bertz CT molecular complexity index is 919. The fraction of sp³-hybridized carbons (Fsp3) is 0.167. The third kappa shape index (κ3) is 2.22.